The second-order valence-electron chi connectivity index (χ2n) is 7.35. The molecule has 8 heteroatoms. The summed E-state index contributed by atoms with van der Waals surface area (Å²) in [6.45, 7) is 1.12. The average molecular weight is 387 g/mol. The molecule has 1 amide bonds. The number of benzene rings is 1. The monoisotopic (exact) mass is 387 g/mol. The van der Waals surface area contributed by atoms with Gasteiger partial charge in [0.1, 0.15) is 11.9 Å². The highest BCUT2D eigenvalue weighted by Crippen LogP contribution is 2.41. The van der Waals surface area contributed by atoms with E-state index in [1.807, 2.05) is 0 Å². The van der Waals surface area contributed by atoms with Crippen molar-refractivity contribution in [2.24, 2.45) is 0 Å². The number of rotatable bonds is 5. The van der Waals surface area contributed by atoms with Crippen molar-refractivity contribution in [2.75, 3.05) is 32.7 Å². The third-order valence-electron chi connectivity index (χ3n) is 5.71. The van der Waals surface area contributed by atoms with E-state index in [9.17, 15) is 22.4 Å². The number of carbonyl (C=O) groups excluding carboxylic acids is 1. The van der Waals surface area contributed by atoms with E-state index in [1.54, 1.807) is 12.1 Å². The Kier molecular flexibility index (Phi) is 6.05. The Balaban J connectivity index is 1.74. The van der Waals surface area contributed by atoms with Crippen LogP contribution in [-0.4, -0.2) is 55.7 Å². The van der Waals surface area contributed by atoms with Gasteiger partial charge in [-0.15, -0.1) is 0 Å². The maximum Gasteiger partial charge on any atom is 0.405 e. The number of carbonyl (C=O) groups is 1. The summed E-state index contributed by atoms with van der Waals surface area (Å²) < 4.78 is 53.9. The normalized spacial score (nSPS) is 21.8. The highest BCUT2D eigenvalue weighted by molar-refractivity contribution is 5.88. The van der Waals surface area contributed by atoms with Crippen LogP contribution in [0.1, 0.15) is 31.2 Å². The van der Waals surface area contributed by atoms with Gasteiger partial charge in [-0.2, -0.15) is 13.2 Å². The molecule has 1 aliphatic heterocycles. The molecule has 4 nitrogen and oxygen atoms in total. The Morgan fingerprint density at radius 3 is 2.30 bits per heavy atom. The number of halogens is 4. The van der Waals surface area contributed by atoms with Gasteiger partial charge in [-0.1, -0.05) is 25.0 Å². The Labute approximate surface area is 156 Å². The molecule has 1 atom stereocenters. The van der Waals surface area contributed by atoms with Gasteiger partial charge in [-0.05, 0) is 30.5 Å². The molecule has 1 heterocycles. The van der Waals surface area contributed by atoms with Crippen LogP contribution in [0.2, 0.25) is 0 Å². The van der Waals surface area contributed by atoms with Crippen molar-refractivity contribution in [1.29, 1.82) is 0 Å². The predicted molar refractivity (Wildman–Crippen MR) is 93.8 cm³/mol. The Morgan fingerprint density at radius 1 is 1.15 bits per heavy atom. The summed E-state index contributed by atoms with van der Waals surface area (Å²) in [5.41, 5.74) is -0.197. The molecule has 1 unspecified atom stereocenters. The molecular weight excluding hydrogens is 362 g/mol. The van der Waals surface area contributed by atoms with Crippen LogP contribution in [0.4, 0.5) is 17.6 Å². The minimum atomic E-state index is -4.41. The molecule has 1 saturated carbocycles. The van der Waals surface area contributed by atoms with E-state index in [2.05, 4.69) is 10.6 Å². The van der Waals surface area contributed by atoms with Gasteiger partial charge in [0.25, 0.3) is 0 Å². The third-order valence-corrected chi connectivity index (χ3v) is 5.71. The summed E-state index contributed by atoms with van der Waals surface area (Å²) in [6.07, 6.45) is -1.64. The number of hydrogen-bond acceptors (Lipinski definition) is 3. The van der Waals surface area contributed by atoms with E-state index in [0.29, 0.717) is 44.6 Å². The predicted octanol–water partition coefficient (Wildman–Crippen LogP) is 2.59. The van der Waals surface area contributed by atoms with Crippen LogP contribution in [0.3, 0.4) is 0 Å². The van der Waals surface area contributed by atoms with E-state index in [0.717, 1.165) is 12.8 Å². The van der Waals surface area contributed by atoms with Crippen LogP contribution >= 0.6 is 0 Å². The summed E-state index contributed by atoms with van der Waals surface area (Å²) >= 11 is 0. The van der Waals surface area contributed by atoms with Gasteiger partial charge in [-0.3, -0.25) is 9.69 Å². The third kappa shape index (κ3) is 4.43. The molecule has 0 bridgehead atoms. The number of amides is 1. The van der Waals surface area contributed by atoms with Crippen LogP contribution in [0.25, 0.3) is 0 Å². The van der Waals surface area contributed by atoms with Gasteiger partial charge in [0.15, 0.2) is 0 Å². The molecule has 2 fully saturated rings. The van der Waals surface area contributed by atoms with Crippen molar-refractivity contribution in [2.45, 2.75) is 43.3 Å². The smallest absolute Gasteiger partial charge is 0.353 e. The number of nitrogens with zero attached hydrogens (tertiary/aromatic N) is 1. The topological polar surface area (TPSA) is 44.4 Å². The molecule has 27 heavy (non-hydrogen) atoms. The molecule has 1 aromatic rings. The van der Waals surface area contributed by atoms with Crippen molar-refractivity contribution in [3.05, 3.63) is 35.6 Å². The van der Waals surface area contributed by atoms with E-state index in [4.69, 9.17) is 0 Å². The van der Waals surface area contributed by atoms with Crippen molar-refractivity contribution >= 4 is 5.91 Å². The summed E-state index contributed by atoms with van der Waals surface area (Å²) in [4.78, 5) is 14.3. The number of nitrogens with one attached hydrogen (secondary N) is 2. The first-order valence-corrected chi connectivity index (χ1v) is 9.39. The standard InChI is InChI=1S/C19H25F4N3O/c20-15-5-3-14(4-6-15)18(7-1-2-8-18)17(27)25-13-16(19(21,22)23)26-11-9-24-10-12-26/h3-6,16,24H,1-2,7-13H2,(H,25,27). The lowest BCUT2D eigenvalue weighted by atomic mass is 9.78. The molecular formula is C19H25F4N3O. The zero-order valence-electron chi connectivity index (χ0n) is 15.1. The lowest BCUT2D eigenvalue weighted by Gasteiger charge is -2.37. The van der Waals surface area contributed by atoms with Gasteiger partial charge in [-0.25, -0.2) is 4.39 Å². The highest BCUT2D eigenvalue weighted by Gasteiger charge is 2.46. The zero-order chi connectivity index (χ0) is 19.5. The van der Waals surface area contributed by atoms with Gasteiger partial charge in [0.05, 0.1) is 5.41 Å². The molecule has 1 aromatic carbocycles. The Morgan fingerprint density at radius 2 is 1.74 bits per heavy atom. The van der Waals surface area contributed by atoms with Crippen LogP contribution in [0, 0.1) is 5.82 Å². The SMILES string of the molecule is O=C(NCC(N1CCNCC1)C(F)(F)F)C1(c2ccc(F)cc2)CCCC1. The second kappa shape index (κ2) is 8.14. The van der Waals surface area contributed by atoms with Gasteiger partial charge in [0.2, 0.25) is 5.91 Å². The summed E-state index contributed by atoms with van der Waals surface area (Å²) in [7, 11) is 0. The van der Waals surface area contributed by atoms with Gasteiger partial charge in [0, 0.05) is 32.7 Å². The molecule has 3 rings (SSSR count). The van der Waals surface area contributed by atoms with Crippen LogP contribution in [-0.2, 0) is 10.2 Å². The largest absolute Gasteiger partial charge is 0.405 e. The first-order chi connectivity index (χ1) is 12.8. The fourth-order valence-corrected chi connectivity index (χ4v) is 4.20. The van der Waals surface area contributed by atoms with E-state index in [1.165, 1.54) is 17.0 Å². The first-order valence-electron chi connectivity index (χ1n) is 9.39. The Hall–Kier alpha value is -1.67. The van der Waals surface area contributed by atoms with Crippen LogP contribution < -0.4 is 10.6 Å². The summed E-state index contributed by atoms with van der Waals surface area (Å²) in [5, 5.41) is 5.60. The van der Waals surface area contributed by atoms with E-state index >= 15 is 0 Å². The van der Waals surface area contributed by atoms with Crippen molar-refractivity contribution < 1.29 is 22.4 Å². The molecule has 0 spiro atoms. The van der Waals surface area contributed by atoms with Gasteiger partial charge >= 0.3 is 6.18 Å². The lowest BCUT2D eigenvalue weighted by molar-refractivity contribution is -0.184. The molecule has 2 N–H and O–H groups in total. The fraction of sp³-hybridized carbons (Fsp3) is 0.632. The van der Waals surface area contributed by atoms with Crippen LogP contribution in [0.15, 0.2) is 24.3 Å². The second-order valence-corrected chi connectivity index (χ2v) is 7.35. The Bertz CT molecular complexity index is 635. The lowest BCUT2D eigenvalue weighted by Crippen LogP contribution is -2.58. The minimum Gasteiger partial charge on any atom is -0.353 e. The number of piperazine rings is 1. The molecule has 1 saturated heterocycles. The maximum absolute atomic E-state index is 13.5. The van der Waals surface area contributed by atoms with Crippen LogP contribution in [0.5, 0.6) is 0 Å². The molecule has 0 aromatic heterocycles. The molecule has 2 aliphatic rings. The van der Waals surface area contributed by atoms with E-state index in [-0.39, 0.29) is 0 Å². The van der Waals surface area contributed by atoms with Gasteiger partial charge < -0.3 is 10.6 Å². The highest BCUT2D eigenvalue weighted by atomic mass is 19.4. The fourth-order valence-electron chi connectivity index (χ4n) is 4.20. The molecule has 1 aliphatic carbocycles. The number of hydrogen-bond donors (Lipinski definition) is 2. The van der Waals surface area contributed by atoms with Crippen molar-refractivity contribution in [3.63, 3.8) is 0 Å². The van der Waals surface area contributed by atoms with E-state index < -0.39 is 35.9 Å². The van der Waals surface area contributed by atoms with Crippen molar-refractivity contribution in [3.8, 4) is 0 Å². The number of alkyl halides is 3. The average Bonchev–Trinajstić information content (AvgIpc) is 3.13. The summed E-state index contributed by atoms with van der Waals surface area (Å²) in [6, 6.07) is 4.02. The first kappa shape index (κ1) is 20.1. The zero-order valence-corrected chi connectivity index (χ0v) is 15.1. The minimum absolute atomic E-state index is 0.295. The van der Waals surface area contributed by atoms with Crippen molar-refractivity contribution in [1.82, 2.24) is 15.5 Å². The quantitative estimate of drug-likeness (QED) is 0.764. The molecule has 0 radical (unpaired) electrons. The summed E-state index contributed by atoms with van der Waals surface area (Å²) in [5.74, 6) is -0.792. The maximum atomic E-state index is 13.5. The molecule has 150 valence electrons.